The number of piperidine rings is 1. The lowest BCUT2D eigenvalue weighted by Gasteiger charge is -2.35. The topological polar surface area (TPSA) is 110 Å². The summed E-state index contributed by atoms with van der Waals surface area (Å²) in [5.74, 6) is -0.475. The first kappa shape index (κ1) is 30.1. The Morgan fingerprint density at radius 2 is 1.79 bits per heavy atom. The number of piperazine rings is 1. The molecule has 0 saturated carbocycles. The molecule has 13 heteroatoms. The third-order valence-electron chi connectivity index (χ3n) is 7.75. The van der Waals surface area contributed by atoms with Crippen LogP contribution >= 0.6 is 0 Å². The van der Waals surface area contributed by atoms with Gasteiger partial charge in [-0.05, 0) is 61.9 Å². The Bertz CT molecular complexity index is 1390. The molecule has 5 rings (SSSR count). The molecular formula is C30H35F3N6O4. The number of carbonyl (C=O) groups excluding carboxylic acids is 2. The number of nitrogens with one attached hydrogen (secondary N) is 2. The largest absolute Gasteiger partial charge is 0.506 e. The number of phenolic OH excluding ortho intramolecular Hbond substituents is 1. The molecule has 2 aromatic rings. The fourth-order valence-electron chi connectivity index (χ4n) is 5.45. The van der Waals surface area contributed by atoms with Crippen LogP contribution in [0.5, 0.6) is 5.75 Å². The van der Waals surface area contributed by atoms with Gasteiger partial charge < -0.3 is 35.2 Å². The van der Waals surface area contributed by atoms with Crippen LogP contribution in [0.2, 0.25) is 0 Å². The van der Waals surface area contributed by atoms with E-state index < -0.39 is 23.4 Å². The molecule has 4 heterocycles. The number of anilines is 3. The summed E-state index contributed by atoms with van der Waals surface area (Å²) in [6.45, 7) is 5.21. The summed E-state index contributed by atoms with van der Waals surface area (Å²) < 4.78 is 47.6. The minimum absolute atomic E-state index is 0.0177. The number of urea groups is 1. The van der Waals surface area contributed by atoms with Crippen LogP contribution in [0.3, 0.4) is 0 Å². The van der Waals surface area contributed by atoms with Crippen molar-refractivity contribution < 1.29 is 32.6 Å². The first-order valence-electron chi connectivity index (χ1n) is 14.4. The number of rotatable bonds is 5. The normalized spacial score (nSPS) is 19.8. The number of ether oxygens (including phenoxy) is 1. The first-order chi connectivity index (χ1) is 20.6. The van der Waals surface area contributed by atoms with Crippen molar-refractivity contribution in [3.05, 3.63) is 65.9 Å². The Kier molecular flexibility index (Phi) is 8.97. The molecule has 3 amide bonds. The number of benzene rings is 1. The van der Waals surface area contributed by atoms with Crippen molar-refractivity contribution in [3.8, 4) is 5.75 Å². The second-order valence-corrected chi connectivity index (χ2v) is 11.0. The van der Waals surface area contributed by atoms with Crippen molar-refractivity contribution in [1.82, 2.24) is 14.8 Å². The summed E-state index contributed by atoms with van der Waals surface area (Å²) in [5, 5.41) is 15.1. The van der Waals surface area contributed by atoms with E-state index >= 15 is 0 Å². The number of aromatic nitrogens is 1. The summed E-state index contributed by atoms with van der Waals surface area (Å²) in [7, 11) is 0. The maximum atomic E-state index is 14.0. The quantitative estimate of drug-likeness (QED) is 0.401. The van der Waals surface area contributed by atoms with Crippen LogP contribution in [0.4, 0.5) is 35.2 Å². The number of hydrogen-bond acceptors (Lipinski definition) is 7. The van der Waals surface area contributed by atoms with E-state index in [4.69, 9.17) is 4.74 Å². The highest BCUT2D eigenvalue weighted by molar-refractivity contribution is 6.03. The Morgan fingerprint density at radius 1 is 1.02 bits per heavy atom. The summed E-state index contributed by atoms with van der Waals surface area (Å²) in [6, 6.07) is 9.40. The molecule has 43 heavy (non-hydrogen) atoms. The molecule has 3 aliphatic rings. The van der Waals surface area contributed by atoms with E-state index in [0.29, 0.717) is 56.7 Å². The SMILES string of the molecule is CC1CCCN(C2=CCCC(C(F)(F)F)=C(C(=O)Nc3ccc(N4CCN(C(=O)Nc5ccccc5O)CC4)nc3)O2)C1. The fourth-order valence-corrected chi connectivity index (χ4v) is 5.45. The smallest absolute Gasteiger partial charge is 0.416 e. The monoisotopic (exact) mass is 600 g/mol. The van der Waals surface area contributed by atoms with Crippen LogP contribution in [-0.4, -0.2) is 77.3 Å². The average molecular weight is 601 g/mol. The van der Waals surface area contributed by atoms with E-state index in [1.807, 2.05) is 9.80 Å². The zero-order chi connectivity index (χ0) is 30.6. The predicted molar refractivity (Wildman–Crippen MR) is 155 cm³/mol. The number of phenols is 1. The minimum atomic E-state index is -4.71. The van der Waals surface area contributed by atoms with Gasteiger partial charge in [-0.3, -0.25) is 4.79 Å². The zero-order valence-corrected chi connectivity index (χ0v) is 23.9. The van der Waals surface area contributed by atoms with Crippen molar-refractivity contribution >= 4 is 29.1 Å². The highest BCUT2D eigenvalue weighted by Gasteiger charge is 2.41. The molecule has 10 nitrogen and oxygen atoms in total. The number of para-hydroxylation sites is 2. The van der Waals surface area contributed by atoms with E-state index in [0.717, 1.165) is 12.8 Å². The molecule has 1 unspecified atom stereocenters. The number of pyridine rings is 1. The summed E-state index contributed by atoms with van der Waals surface area (Å²) >= 11 is 0. The summed E-state index contributed by atoms with van der Waals surface area (Å²) in [5.41, 5.74) is -0.432. The molecule has 1 aromatic heterocycles. The van der Waals surface area contributed by atoms with Gasteiger partial charge in [-0.2, -0.15) is 13.2 Å². The molecule has 1 aromatic carbocycles. The van der Waals surface area contributed by atoms with Gasteiger partial charge in [-0.25, -0.2) is 9.78 Å². The standard InChI is InChI=1S/C30H35F3N6O4/c1-20-6-5-13-39(19-20)26-10-4-7-22(30(31,32)33)27(43-26)28(41)35-21-11-12-25(34-18-21)37-14-16-38(17-15-37)29(42)36-23-8-2-3-9-24(23)40/h2-3,8-12,18,20,40H,4-7,13-17,19H2,1H3,(H,35,41)(H,36,42). The van der Waals surface area contributed by atoms with Gasteiger partial charge >= 0.3 is 12.2 Å². The molecule has 0 radical (unpaired) electrons. The van der Waals surface area contributed by atoms with Crippen LogP contribution in [0.25, 0.3) is 0 Å². The van der Waals surface area contributed by atoms with Crippen LogP contribution in [0, 0.1) is 5.92 Å². The van der Waals surface area contributed by atoms with Crippen molar-refractivity contribution in [3.63, 3.8) is 0 Å². The highest BCUT2D eigenvalue weighted by atomic mass is 19.4. The number of aromatic hydroxyl groups is 1. The molecule has 2 fully saturated rings. The van der Waals surface area contributed by atoms with Gasteiger partial charge in [0.25, 0.3) is 5.91 Å². The third-order valence-corrected chi connectivity index (χ3v) is 7.75. The maximum Gasteiger partial charge on any atom is 0.416 e. The van der Waals surface area contributed by atoms with E-state index in [9.17, 15) is 27.9 Å². The molecule has 0 bridgehead atoms. The highest BCUT2D eigenvalue weighted by Crippen LogP contribution is 2.37. The molecule has 0 spiro atoms. The van der Waals surface area contributed by atoms with Crippen molar-refractivity contribution in [2.24, 2.45) is 5.92 Å². The summed E-state index contributed by atoms with van der Waals surface area (Å²) in [4.78, 5) is 35.7. The lowest BCUT2D eigenvalue weighted by atomic mass is 10.0. The number of amides is 3. The van der Waals surface area contributed by atoms with Crippen molar-refractivity contribution in [2.45, 2.75) is 38.8 Å². The van der Waals surface area contributed by atoms with Gasteiger partial charge in [0.2, 0.25) is 5.76 Å². The van der Waals surface area contributed by atoms with Crippen molar-refractivity contribution in [2.75, 3.05) is 54.8 Å². The number of hydrogen-bond donors (Lipinski definition) is 3. The summed E-state index contributed by atoms with van der Waals surface area (Å²) in [6.07, 6.45) is 0.00591. The average Bonchev–Trinajstić information content (AvgIpc) is 3.23. The maximum absolute atomic E-state index is 14.0. The van der Waals surface area contributed by atoms with E-state index in [2.05, 4.69) is 22.5 Å². The number of likely N-dealkylation sites (tertiary alicyclic amines) is 1. The molecule has 1 atom stereocenters. The van der Waals surface area contributed by atoms with Gasteiger partial charge in [-0.15, -0.1) is 0 Å². The predicted octanol–water partition coefficient (Wildman–Crippen LogP) is 5.28. The molecule has 3 N–H and O–H groups in total. The second kappa shape index (κ2) is 12.8. The molecular weight excluding hydrogens is 565 g/mol. The molecule has 3 aliphatic heterocycles. The Labute approximate surface area is 247 Å². The number of halogens is 3. The van der Waals surface area contributed by atoms with Crippen molar-refractivity contribution in [1.29, 1.82) is 0 Å². The molecule has 2 saturated heterocycles. The Hall–Kier alpha value is -4.42. The van der Waals surface area contributed by atoms with Crippen LogP contribution in [0.15, 0.2) is 65.9 Å². The number of carbonyl (C=O) groups is 2. The van der Waals surface area contributed by atoms with Gasteiger partial charge in [0.15, 0.2) is 5.88 Å². The number of alkyl halides is 3. The van der Waals surface area contributed by atoms with Crippen LogP contribution in [0.1, 0.15) is 32.6 Å². The van der Waals surface area contributed by atoms with E-state index in [-0.39, 0.29) is 36.2 Å². The van der Waals surface area contributed by atoms with Gasteiger partial charge in [-0.1, -0.05) is 19.1 Å². The number of nitrogens with zero attached hydrogens (tertiary/aromatic N) is 4. The first-order valence-corrected chi connectivity index (χ1v) is 14.4. The minimum Gasteiger partial charge on any atom is -0.506 e. The Morgan fingerprint density at radius 3 is 2.47 bits per heavy atom. The Balaban J connectivity index is 1.21. The van der Waals surface area contributed by atoms with Gasteiger partial charge in [0.05, 0.1) is 23.1 Å². The van der Waals surface area contributed by atoms with Crippen LogP contribution in [-0.2, 0) is 9.53 Å². The third kappa shape index (κ3) is 7.33. The zero-order valence-electron chi connectivity index (χ0n) is 23.9. The van der Waals surface area contributed by atoms with Gasteiger partial charge in [0.1, 0.15) is 11.6 Å². The number of allylic oxidation sites excluding steroid dienone is 2. The lowest BCUT2D eigenvalue weighted by molar-refractivity contribution is -0.119. The van der Waals surface area contributed by atoms with E-state index in [1.165, 1.54) is 12.3 Å². The lowest BCUT2D eigenvalue weighted by Crippen LogP contribution is -2.50. The van der Waals surface area contributed by atoms with E-state index in [1.54, 1.807) is 41.3 Å². The molecule has 0 aliphatic carbocycles. The van der Waals surface area contributed by atoms with Crippen LogP contribution < -0.4 is 15.5 Å². The fraction of sp³-hybridized carbons (Fsp3) is 0.433. The molecule has 230 valence electrons. The second-order valence-electron chi connectivity index (χ2n) is 11.0. The van der Waals surface area contributed by atoms with Gasteiger partial charge in [0, 0.05) is 39.3 Å².